The molecule has 2 saturated carbocycles. The highest BCUT2D eigenvalue weighted by Gasteiger charge is 3.10. The zero-order valence-corrected chi connectivity index (χ0v) is 41.3. The van der Waals surface area contributed by atoms with Crippen molar-refractivity contribution in [2.24, 2.45) is 10.8 Å². The lowest BCUT2D eigenvalue weighted by molar-refractivity contribution is 0.0778. The van der Waals surface area contributed by atoms with Gasteiger partial charge in [-0.05, 0) is 303 Å². The molecule has 0 heterocycles. The van der Waals surface area contributed by atoms with Gasteiger partial charge in [0.1, 0.15) is 10.8 Å². The maximum Gasteiger partial charge on any atom is 0.180 e. The average Bonchev–Trinajstić information content (AvgIpc) is 1.33. The summed E-state index contributed by atoms with van der Waals surface area (Å²) in [5, 5.41) is 68.9. The van der Waals surface area contributed by atoms with Crippen LogP contribution in [0.5, 0.6) is 0 Å². The van der Waals surface area contributed by atoms with Crippen molar-refractivity contribution in [1.29, 1.82) is 0 Å². The van der Waals surface area contributed by atoms with Crippen LogP contribution in [-0.2, 0) is 21.7 Å². The normalized spacial score (nSPS) is 27.7. The Morgan fingerprint density at radius 2 is 0.341 bits per heavy atom. The Morgan fingerprint density at radius 3 is 0.561 bits per heavy atom. The highest BCUT2D eigenvalue weighted by atomic mass is 16.2. The topological polar surface area (TPSA) is 68.3 Å². The van der Waals surface area contributed by atoms with Crippen LogP contribution in [0.4, 0.5) is 0 Å². The molecular weight excluding hydrogens is 1000 g/mol. The number of Topliss-reactive ketones (excluding diaryl/α,β-unsaturated/α-hetero) is 4. The zero-order chi connectivity index (χ0) is 49.6. The molecule has 0 amide bonds. The monoisotopic (exact) mass is 1010 g/mol. The molecule has 27 aromatic rings. The predicted octanol–water partition coefficient (Wildman–Crippen LogP) is 16.2. The van der Waals surface area contributed by atoms with Gasteiger partial charge in [0, 0.05) is 22.3 Å². The van der Waals surface area contributed by atoms with E-state index in [0.29, 0.717) is 22.3 Å². The van der Waals surface area contributed by atoms with Gasteiger partial charge in [-0.2, -0.15) is 0 Å². The summed E-state index contributed by atoms with van der Waals surface area (Å²) in [7, 11) is 0. The van der Waals surface area contributed by atoms with Crippen LogP contribution in [0.3, 0.4) is 0 Å². The molecule has 4 nitrogen and oxygen atoms in total. The van der Waals surface area contributed by atoms with E-state index in [9.17, 15) is 0 Å². The largest absolute Gasteiger partial charge is 0.293 e. The maximum atomic E-state index is 17.7. The van der Waals surface area contributed by atoms with Crippen LogP contribution in [0.15, 0.2) is 48.5 Å². The van der Waals surface area contributed by atoms with E-state index in [1.165, 1.54) is 297 Å². The minimum Gasteiger partial charge on any atom is -0.293 e. The molecule has 0 radical (unpaired) electrons. The molecule has 2 fully saturated rings. The fourth-order valence-electron chi connectivity index (χ4n) is 30.8. The Kier molecular flexibility index (Phi) is 2.56. The third-order valence-electron chi connectivity index (χ3n) is 30.4. The molecule has 82 heavy (non-hydrogen) atoms. The molecule has 0 aliphatic heterocycles. The number of fused-ring (bicyclic) bond motifs is 2. The molecule has 0 N–H and O–H groups in total. The lowest BCUT2D eigenvalue weighted by Gasteiger charge is -2.35. The summed E-state index contributed by atoms with van der Waals surface area (Å²) in [5.74, 6) is -0.148. The van der Waals surface area contributed by atoms with Crippen LogP contribution >= 0.6 is 0 Å². The minimum atomic E-state index is -1.59. The Labute approximate surface area is 445 Å². The van der Waals surface area contributed by atoms with Gasteiger partial charge in [-0.15, -0.1) is 0 Å². The van der Waals surface area contributed by atoms with Crippen molar-refractivity contribution < 1.29 is 19.2 Å². The minimum absolute atomic E-state index is 0.0370. The van der Waals surface area contributed by atoms with Crippen LogP contribution in [0.2, 0.25) is 0 Å². The van der Waals surface area contributed by atoms with Gasteiger partial charge < -0.3 is 0 Å². The van der Waals surface area contributed by atoms with E-state index in [-0.39, 0.29) is 23.1 Å². The maximum absolute atomic E-state index is 17.7. The number of ketones is 4. The number of benzene rings is 18. The van der Waals surface area contributed by atoms with E-state index in [1.807, 2.05) is 48.5 Å². The molecule has 0 bridgehead atoms. The Morgan fingerprint density at radius 1 is 0.171 bits per heavy atom. The molecule has 38 rings (SSSR count). The van der Waals surface area contributed by atoms with Crippen LogP contribution in [0.25, 0.3) is 264 Å². The second kappa shape index (κ2) is 6.77. The van der Waals surface area contributed by atoms with Gasteiger partial charge in [0.15, 0.2) is 23.1 Å². The number of carbonyl (C=O) groups is 4. The van der Waals surface area contributed by atoms with Crippen LogP contribution in [0, 0.1) is 10.8 Å². The Bertz CT molecular complexity index is 8060. The highest BCUT2D eigenvalue weighted by molar-refractivity contribution is 6.80. The smallest absolute Gasteiger partial charge is 0.180 e. The Hall–Kier alpha value is -10.2. The first-order valence-corrected chi connectivity index (χ1v) is 30.0. The van der Waals surface area contributed by atoms with E-state index in [1.54, 1.807) is 0 Å². The standard InChI is InChI=1S/C78H8O4/c79-69-9-5-1-2-6-10(9)70(80)77(69)73-62-51-41-31-21-15-13-14-19-25(21)35(41)45-37-27(19)28-20(14)26-22-16(13)18-17(15)23-29-30-24(18)34-32(22)42-36(26)46-38(28)48-47(37)57(55(45)62)66-67-58(48)56(46)63-52(42)54-44(34)40(30)50-49-39(29)43(33(23)31)53(51)64(73)59(49)61-60(50)65(54)74(63)76(67,68(61)75(66,73)77)78(74)71(81)11-7-3-4-8-12(11)72(78)82/h1-8H. The van der Waals surface area contributed by atoms with Gasteiger partial charge in [0.25, 0.3) is 0 Å². The SMILES string of the molecule is O=C1c2ccccc2C(=O)C12C13C4=c5c6c7c8c9c(c%10c%11c1c1c%12c%13c%14c%15c%16c(c5c5c6c6c8c8c%17c9c9c%10c%10c%11c%12c%11c%13c%12c%15c%13c%15c%16c5c5c6c8c6c(c%155)c5c%13c%12c8c%11c%10c%10c9c%17c6c5c%108)C%145C6(C(=O)c8ccccc8C6=O)C415)C723. The van der Waals surface area contributed by atoms with Crippen LogP contribution in [0.1, 0.15) is 74.8 Å². The molecular formula is C78H8O4. The van der Waals surface area contributed by atoms with Gasteiger partial charge in [0.05, 0.1) is 21.7 Å². The van der Waals surface area contributed by atoms with Gasteiger partial charge in [-0.25, -0.2) is 0 Å². The van der Waals surface area contributed by atoms with Crippen molar-refractivity contribution in [3.05, 3.63) is 109 Å². The van der Waals surface area contributed by atoms with Gasteiger partial charge >= 0.3 is 0 Å². The van der Waals surface area contributed by atoms with Crippen molar-refractivity contribution in [1.82, 2.24) is 0 Å². The highest BCUT2D eigenvalue weighted by Crippen LogP contribution is 3.06. The molecule has 344 valence electrons. The second-order valence-corrected chi connectivity index (χ2v) is 29.9. The quantitative estimate of drug-likeness (QED) is 0.112. The summed E-state index contributed by atoms with van der Waals surface area (Å²) in [6.45, 7) is 0. The van der Waals surface area contributed by atoms with Crippen LogP contribution < -0.4 is 5.22 Å². The molecule has 27 aromatic carbocycles. The summed E-state index contributed by atoms with van der Waals surface area (Å²) < 4.78 is 0. The molecule has 4 atom stereocenters. The van der Waals surface area contributed by atoms with E-state index < -0.39 is 32.5 Å². The lowest BCUT2D eigenvalue weighted by Crippen LogP contribution is -2.39. The second-order valence-electron chi connectivity index (χ2n) is 29.9. The molecule has 4 heteroatoms. The molecule has 0 saturated heterocycles. The number of rotatable bonds is 0. The molecule has 11 aliphatic rings. The van der Waals surface area contributed by atoms with E-state index >= 15 is 19.2 Å². The lowest BCUT2D eigenvalue weighted by atomic mass is 9.65. The van der Waals surface area contributed by atoms with Crippen LogP contribution in [-0.4, -0.2) is 23.1 Å². The third-order valence-corrected chi connectivity index (χ3v) is 30.4. The zero-order valence-electron chi connectivity index (χ0n) is 41.3. The molecule has 11 aliphatic carbocycles. The summed E-state index contributed by atoms with van der Waals surface area (Å²) >= 11 is 0. The van der Waals surface area contributed by atoms with Crippen molar-refractivity contribution >= 4 is 287 Å². The first-order valence-electron chi connectivity index (χ1n) is 30.0. The Balaban J connectivity index is 1.06. The average molecular weight is 1010 g/mol. The van der Waals surface area contributed by atoms with Crippen molar-refractivity contribution in [3.63, 3.8) is 0 Å². The fourth-order valence-corrected chi connectivity index (χ4v) is 30.8. The molecule has 6 spiro atoms. The summed E-state index contributed by atoms with van der Waals surface area (Å²) in [4.78, 5) is 70.7. The summed E-state index contributed by atoms with van der Waals surface area (Å²) in [6.07, 6.45) is 0. The number of carbonyl (C=O) groups excluding carboxylic acids is 4. The van der Waals surface area contributed by atoms with E-state index in [2.05, 4.69) is 0 Å². The van der Waals surface area contributed by atoms with Crippen molar-refractivity contribution in [2.75, 3.05) is 0 Å². The first-order chi connectivity index (χ1) is 40.6. The summed E-state index contributed by atoms with van der Waals surface area (Å²) in [6, 6.07) is 15.8. The summed E-state index contributed by atoms with van der Waals surface area (Å²) in [5.41, 5.74) is 2.91. The fraction of sp³-hybridized carbons (Fsp3) is 0.0769. The predicted molar refractivity (Wildman–Crippen MR) is 322 cm³/mol. The van der Waals surface area contributed by atoms with E-state index in [0.717, 1.165) is 5.57 Å². The molecule has 0 aromatic heterocycles. The van der Waals surface area contributed by atoms with Crippen molar-refractivity contribution in [2.45, 2.75) is 21.7 Å². The van der Waals surface area contributed by atoms with Gasteiger partial charge in [0.2, 0.25) is 0 Å². The van der Waals surface area contributed by atoms with Gasteiger partial charge in [-0.1, -0.05) is 48.5 Å². The molecule has 4 unspecified atom stereocenters. The van der Waals surface area contributed by atoms with E-state index in [4.69, 9.17) is 0 Å². The third kappa shape index (κ3) is 1.50. The number of hydrogen-bond acceptors (Lipinski definition) is 4. The van der Waals surface area contributed by atoms with Gasteiger partial charge in [-0.3, -0.25) is 19.2 Å². The number of hydrogen-bond donors (Lipinski definition) is 0. The first kappa shape index (κ1) is 31.0. The van der Waals surface area contributed by atoms with Crippen molar-refractivity contribution in [3.8, 4) is 0 Å².